The second-order valence-electron chi connectivity index (χ2n) is 8.25. The number of amides is 1. The van der Waals surface area contributed by atoms with Crippen molar-refractivity contribution in [1.29, 1.82) is 0 Å². The molecule has 2 aromatic heterocycles. The molecule has 0 spiro atoms. The van der Waals surface area contributed by atoms with Crippen molar-refractivity contribution < 1.29 is 9.21 Å². The molecule has 0 saturated heterocycles. The third-order valence-electron chi connectivity index (χ3n) is 5.44. The molecule has 3 aromatic carbocycles. The van der Waals surface area contributed by atoms with Crippen LogP contribution in [0.3, 0.4) is 0 Å². The third kappa shape index (κ3) is 5.89. The van der Waals surface area contributed by atoms with Crippen LogP contribution < -0.4 is 10.6 Å². The van der Waals surface area contributed by atoms with Crippen LogP contribution in [0.15, 0.2) is 77.2 Å². The van der Waals surface area contributed by atoms with Crippen LogP contribution >= 0.6 is 47.0 Å². The Morgan fingerprint density at radius 3 is 2.42 bits per heavy atom. The summed E-state index contributed by atoms with van der Waals surface area (Å²) in [5.41, 5.74) is 4.38. The molecule has 0 aliphatic carbocycles. The molecule has 1 amide bonds. The molecule has 11 heteroatoms. The average Bonchev–Trinajstić information content (AvgIpc) is 3.50. The van der Waals surface area contributed by atoms with Gasteiger partial charge in [0.2, 0.25) is 5.91 Å². The Morgan fingerprint density at radius 1 is 0.947 bits per heavy atom. The molecule has 0 aliphatic rings. The summed E-state index contributed by atoms with van der Waals surface area (Å²) in [7, 11) is 0. The lowest BCUT2D eigenvalue weighted by molar-refractivity contribution is -0.115. The van der Waals surface area contributed by atoms with Gasteiger partial charge in [0.15, 0.2) is 5.11 Å². The van der Waals surface area contributed by atoms with Crippen molar-refractivity contribution >= 4 is 80.8 Å². The van der Waals surface area contributed by atoms with Gasteiger partial charge in [0.05, 0.1) is 21.4 Å². The van der Waals surface area contributed by atoms with Gasteiger partial charge >= 0.3 is 0 Å². The minimum Gasteiger partial charge on any atom is -0.457 e. The highest BCUT2D eigenvalue weighted by Gasteiger charge is 2.12. The standard InChI is InChI=1S/C27H18Cl3N5O2S/c1-15-2-5-17(6-3-15)35-33-23-13-21(30)22(14-24(23)34-35)31-27(38)32-26(36)11-8-18-7-10-25(37-18)19-9-4-16(28)12-20(19)29/h2-14H,1H3,(H2,31,32,36,38)/b11-8+. The fraction of sp³-hybridized carbons (Fsp3) is 0.0370. The average molecular weight is 583 g/mol. The molecule has 2 N–H and O–H groups in total. The van der Waals surface area contributed by atoms with Crippen LogP contribution in [0.1, 0.15) is 11.3 Å². The molecule has 190 valence electrons. The Morgan fingerprint density at radius 2 is 1.68 bits per heavy atom. The summed E-state index contributed by atoms with van der Waals surface area (Å²) in [6.45, 7) is 2.01. The second kappa shape index (κ2) is 11.0. The number of furan rings is 1. The number of hydrogen-bond donors (Lipinski definition) is 2. The fourth-order valence-electron chi connectivity index (χ4n) is 3.57. The van der Waals surface area contributed by atoms with Crippen LogP contribution in [0.25, 0.3) is 34.1 Å². The first kappa shape index (κ1) is 25.9. The van der Waals surface area contributed by atoms with Crippen LogP contribution in [-0.2, 0) is 4.79 Å². The van der Waals surface area contributed by atoms with Crippen molar-refractivity contribution in [3.63, 3.8) is 0 Å². The highest BCUT2D eigenvalue weighted by atomic mass is 35.5. The number of halogens is 3. The molecule has 5 rings (SSSR count). The Bertz CT molecular complexity index is 1710. The molecule has 0 saturated carbocycles. The zero-order valence-electron chi connectivity index (χ0n) is 19.7. The van der Waals surface area contributed by atoms with Gasteiger partial charge < -0.3 is 9.73 Å². The first-order valence-corrected chi connectivity index (χ1v) is 12.8. The number of benzene rings is 3. The van der Waals surface area contributed by atoms with E-state index < -0.39 is 5.91 Å². The maximum absolute atomic E-state index is 12.4. The molecule has 0 unspecified atom stereocenters. The number of fused-ring (bicyclic) bond motifs is 1. The van der Waals surface area contributed by atoms with Gasteiger partial charge in [-0.25, -0.2) is 0 Å². The zero-order valence-corrected chi connectivity index (χ0v) is 22.8. The molecule has 0 aliphatic heterocycles. The molecule has 7 nitrogen and oxygen atoms in total. The van der Waals surface area contributed by atoms with E-state index in [0.29, 0.717) is 48.9 Å². The van der Waals surface area contributed by atoms with Crippen LogP contribution in [0.2, 0.25) is 15.1 Å². The molecule has 0 bridgehead atoms. The van der Waals surface area contributed by atoms with E-state index in [1.165, 1.54) is 16.9 Å². The number of rotatable bonds is 5. The molecule has 5 aromatic rings. The van der Waals surface area contributed by atoms with Crippen LogP contribution in [0.5, 0.6) is 0 Å². The number of nitrogens with zero attached hydrogens (tertiary/aromatic N) is 3. The summed E-state index contributed by atoms with van der Waals surface area (Å²) >= 11 is 23.9. The molecule has 2 heterocycles. The van der Waals surface area contributed by atoms with E-state index in [4.69, 9.17) is 51.4 Å². The number of carbonyl (C=O) groups excluding carboxylic acids is 1. The summed E-state index contributed by atoms with van der Waals surface area (Å²) in [4.78, 5) is 13.9. The van der Waals surface area contributed by atoms with Crippen molar-refractivity contribution in [3.05, 3.63) is 99.2 Å². The number of carbonyl (C=O) groups is 1. The van der Waals surface area contributed by atoms with Crippen LogP contribution in [0.4, 0.5) is 5.69 Å². The number of aromatic nitrogens is 3. The molecule has 0 fully saturated rings. The monoisotopic (exact) mass is 581 g/mol. The van der Waals surface area contributed by atoms with Gasteiger partial charge in [0, 0.05) is 16.7 Å². The highest BCUT2D eigenvalue weighted by Crippen LogP contribution is 2.32. The fourth-order valence-corrected chi connectivity index (χ4v) is 4.49. The summed E-state index contributed by atoms with van der Waals surface area (Å²) in [6, 6.07) is 19.8. The molecule has 0 atom stereocenters. The minimum atomic E-state index is -0.451. The molecular formula is C27H18Cl3N5O2S. The summed E-state index contributed by atoms with van der Waals surface area (Å²) < 4.78 is 5.76. The van der Waals surface area contributed by atoms with Gasteiger partial charge in [0.25, 0.3) is 0 Å². The number of anilines is 1. The topological polar surface area (TPSA) is 85.0 Å². The largest absolute Gasteiger partial charge is 0.457 e. The van der Waals surface area contributed by atoms with E-state index in [1.807, 2.05) is 31.2 Å². The van der Waals surface area contributed by atoms with Crippen molar-refractivity contribution in [1.82, 2.24) is 20.3 Å². The van der Waals surface area contributed by atoms with Gasteiger partial charge in [-0.15, -0.1) is 10.2 Å². The predicted molar refractivity (Wildman–Crippen MR) is 156 cm³/mol. The number of thiocarbonyl (C=S) groups is 1. The van der Waals surface area contributed by atoms with E-state index in [-0.39, 0.29) is 5.11 Å². The normalized spacial score (nSPS) is 11.3. The van der Waals surface area contributed by atoms with E-state index >= 15 is 0 Å². The minimum absolute atomic E-state index is 0.0694. The Hall–Kier alpha value is -3.69. The second-order valence-corrected chi connectivity index (χ2v) is 9.91. The quantitative estimate of drug-likeness (QED) is 0.165. The van der Waals surface area contributed by atoms with Crippen molar-refractivity contribution in [2.24, 2.45) is 0 Å². The summed E-state index contributed by atoms with van der Waals surface area (Å²) in [6.07, 6.45) is 2.83. The van der Waals surface area contributed by atoms with E-state index in [1.54, 1.807) is 42.5 Å². The smallest absolute Gasteiger partial charge is 0.250 e. The van der Waals surface area contributed by atoms with Gasteiger partial charge in [-0.1, -0.05) is 52.5 Å². The lowest BCUT2D eigenvalue weighted by atomic mass is 10.2. The van der Waals surface area contributed by atoms with Crippen LogP contribution in [0, 0.1) is 6.92 Å². The highest BCUT2D eigenvalue weighted by molar-refractivity contribution is 7.80. The number of nitrogens with one attached hydrogen (secondary N) is 2. The summed E-state index contributed by atoms with van der Waals surface area (Å²) in [5.74, 6) is 0.561. The third-order valence-corrected chi connectivity index (χ3v) is 6.51. The molecule has 38 heavy (non-hydrogen) atoms. The van der Waals surface area contributed by atoms with Crippen molar-refractivity contribution in [2.45, 2.75) is 6.92 Å². The number of hydrogen-bond acceptors (Lipinski definition) is 5. The SMILES string of the molecule is Cc1ccc(-n2nc3cc(Cl)c(NC(=S)NC(=O)/C=C/c4ccc(-c5ccc(Cl)cc5Cl)o4)cc3n2)cc1. The summed E-state index contributed by atoms with van der Waals surface area (Å²) in [5, 5.41) is 16.0. The Balaban J connectivity index is 1.23. The van der Waals surface area contributed by atoms with Gasteiger partial charge in [-0.05, 0) is 79.8 Å². The predicted octanol–water partition coefficient (Wildman–Crippen LogP) is 7.48. The Kier molecular flexibility index (Phi) is 7.49. The maximum Gasteiger partial charge on any atom is 0.250 e. The lowest BCUT2D eigenvalue weighted by Gasteiger charge is -2.09. The molecule has 0 radical (unpaired) electrons. The maximum atomic E-state index is 12.4. The van der Waals surface area contributed by atoms with E-state index in [0.717, 1.165) is 11.3 Å². The van der Waals surface area contributed by atoms with Gasteiger partial charge in [-0.3, -0.25) is 10.1 Å². The van der Waals surface area contributed by atoms with Gasteiger partial charge in [-0.2, -0.15) is 4.80 Å². The lowest BCUT2D eigenvalue weighted by Crippen LogP contribution is -2.32. The van der Waals surface area contributed by atoms with Crippen LogP contribution in [-0.4, -0.2) is 26.0 Å². The molecular weight excluding hydrogens is 565 g/mol. The van der Waals surface area contributed by atoms with Crippen molar-refractivity contribution in [3.8, 4) is 17.0 Å². The van der Waals surface area contributed by atoms with Gasteiger partial charge in [0.1, 0.15) is 22.6 Å². The number of aryl methyl sites for hydroxylation is 1. The van der Waals surface area contributed by atoms with Crippen molar-refractivity contribution in [2.75, 3.05) is 5.32 Å². The van der Waals surface area contributed by atoms with E-state index in [9.17, 15) is 4.79 Å². The first-order chi connectivity index (χ1) is 18.2. The first-order valence-electron chi connectivity index (χ1n) is 11.2. The zero-order chi connectivity index (χ0) is 26.8. The Labute approximate surface area is 238 Å². The van der Waals surface area contributed by atoms with E-state index in [2.05, 4.69) is 20.8 Å².